The molecule has 3 heteroatoms. The first-order valence-corrected chi connectivity index (χ1v) is 24.5. The van der Waals surface area contributed by atoms with Gasteiger partial charge in [0.1, 0.15) is 0 Å². The Morgan fingerprint density at radius 1 is 0.500 bits per heavy atom. The van der Waals surface area contributed by atoms with Gasteiger partial charge in [-0.15, -0.1) is 0 Å². The summed E-state index contributed by atoms with van der Waals surface area (Å²) < 4.78 is 0. The Bertz CT molecular complexity index is 1840. The van der Waals surface area contributed by atoms with Gasteiger partial charge in [0.15, 0.2) is 0 Å². The van der Waals surface area contributed by atoms with Crippen molar-refractivity contribution in [2.24, 2.45) is 0 Å². The molecule has 0 radical (unpaired) electrons. The Hall–Kier alpha value is -2.07. The van der Waals surface area contributed by atoms with Crippen molar-refractivity contribution in [2.75, 3.05) is 0 Å². The van der Waals surface area contributed by atoms with Crippen LogP contribution in [0.2, 0.25) is 0 Å². The van der Waals surface area contributed by atoms with E-state index in [4.69, 9.17) is 4.98 Å². The lowest BCUT2D eigenvalue weighted by Gasteiger charge is -2.35. The normalized spacial score (nSPS) is 18.6. The molecule has 0 unspecified atom stereocenters. The molecule has 0 saturated carbocycles. The molecule has 0 spiro atoms. The topological polar surface area (TPSA) is 12.9 Å². The van der Waals surface area contributed by atoms with E-state index in [0.717, 1.165) is 11.4 Å². The molecule has 56 heavy (non-hydrogen) atoms. The molecular formula is C53H79NP2. The number of benzene rings is 2. The van der Waals surface area contributed by atoms with Crippen molar-refractivity contribution in [3.05, 3.63) is 86.7 Å². The second-order valence-electron chi connectivity index (χ2n) is 21.0. The molecule has 1 aromatic heterocycles. The molecule has 5 rings (SSSR count). The fourth-order valence-corrected chi connectivity index (χ4v) is 13.9. The van der Waals surface area contributed by atoms with E-state index in [1.165, 1.54) is 103 Å². The molecule has 0 aliphatic heterocycles. The van der Waals surface area contributed by atoms with E-state index in [-0.39, 0.29) is 37.9 Å². The molecule has 0 bridgehead atoms. The van der Waals surface area contributed by atoms with E-state index < -0.39 is 0 Å². The van der Waals surface area contributed by atoms with Crippen molar-refractivity contribution < 1.29 is 0 Å². The third kappa shape index (κ3) is 7.74. The summed E-state index contributed by atoms with van der Waals surface area (Å²) in [6, 6.07) is 14.5. The highest BCUT2D eigenvalue weighted by atomic mass is 31.1. The zero-order valence-electron chi connectivity index (χ0n) is 39.0. The minimum Gasteiger partial charge on any atom is -0.248 e. The van der Waals surface area contributed by atoms with Crippen molar-refractivity contribution in [3.8, 4) is 0 Å². The number of nitrogens with zero attached hydrogens (tertiary/aromatic N) is 1. The molecule has 0 atom stereocenters. The van der Waals surface area contributed by atoms with Gasteiger partial charge in [-0.3, -0.25) is 0 Å². The zero-order chi connectivity index (χ0) is 41.7. The standard InChI is InChI=1S/C53H79NP2/c1-18-50(19-2)34-52(22-5,23-6)43-39(50)31-40-44(53(24-7,25-8)35-51(40,20-3)21-4)46(43)56-33-38-28-26-27-37(54-38)32-55-45-41(48(12,13)14)29-36(47(9,10)11)30-42(45)49(15,16)17/h26-33H,18-25,34-35H2,1-17H3. The van der Waals surface area contributed by atoms with Gasteiger partial charge in [-0.1, -0.05) is 158 Å². The van der Waals surface area contributed by atoms with Gasteiger partial charge >= 0.3 is 0 Å². The first-order chi connectivity index (χ1) is 26.1. The lowest BCUT2D eigenvalue weighted by molar-refractivity contribution is 0.279. The number of pyridine rings is 1. The minimum atomic E-state index is 0.0360. The summed E-state index contributed by atoms with van der Waals surface area (Å²) in [7, 11) is 2.53. The summed E-state index contributed by atoms with van der Waals surface area (Å²) >= 11 is 0. The van der Waals surface area contributed by atoms with Crippen LogP contribution in [-0.2, 0) is 37.9 Å². The van der Waals surface area contributed by atoms with Crippen LogP contribution in [0, 0.1) is 0 Å². The maximum absolute atomic E-state index is 5.38. The molecule has 306 valence electrons. The number of hydrogen-bond acceptors (Lipinski definition) is 1. The van der Waals surface area contributed by atoms with Crippen molar-refractivity contribution in [3.63, 3.8) is 0 Å². The van der Waals surface area contributed by atoms with Gasteiger partial charge in [0, 0.05) is 10.6 Å². The Labute approximate surface area is 348 Å². The Morgan fingerprint density at radius 3 is 1.18 bits per heavy atom. The number of fused-ring (bicyclic) bond motifs is 2. The first-order valence-electron chi connectivity index (χ1n) is 22.6. The monoisotopic (exact) mass is 792 g/mol. The van der Waals surface area contributed by atoms with E-state index >= 15 is 0 Å². The average Bonchev–Trinajstić information content (AvgIpc) is 3.63. The fourth-order valence-electron chi connectivity index (χ4n) is 11.1. The largest absolute Gasteiger partial charge is 0.248 e. The maximum atomic E-state index is 5.38. The van der Waals surface area contributed by atoms with Gasteiger partial charge in [0.2, 0.25) is 0 Å². The summed E-state index contributed by atoms with van der Waals surface area (Å²) in [6.07, 6.45) is 12.3. The van der Waals surface area contributed by atoms with Crippen LogP contribution >= 0.6 is 16.4 Å². The fraction of sp³-hybridized carbons (Fsp3) is 0.642. The van der Waals surface area contributed by atoms with E-state index in [2.05, 4.69) is 166 Å². The predicted octanol–water partition coefficient (Wildman–Crippen LogP) is 14.9. The molecule has 0 amide bonds. The minimum absolute atomic E-state index is 0.0360. The molecule has 1 nitrogen and oxygen atoms in total. The molecule has 0 fully saturated rings. The highest BCUT2D eigenvalue weighted by molar-refractivity contribution is 7.48. The summed E-state index contributed by atoms with van der Waals surface area (Å²) in [4.78, 5) is 5.38. The number of aromatic nitrogens is 1. The van der Waals surface area contributed by atoms with Gasteiger partial charge in [0.05, 0.1) is 11.4 Å². The van der Waals surface area contributed by atoms with E-state index in [1.54, 1.807) is 27.6 Å². The highest BCUT2D eigenvalue weighted by Gasteiger charge is 2.56. The SMILES string of the molecule is CCC1(CC)CC(CC)(CC)c2c1cc1c(c2P=Cc2cccc(C=Pc3c(C(C)(C)C)cc(C(C)(C)C)cc3C(C)(C)C)n2)C(CC)(CC)CC1(CC)CC. The Morgan fingerprint density at radius 2 is 0.857 bits per heavy atom. The Kier molecular flexibility index (Phi) is 13.0. The molecule has 0 saturated heterocycles. The lowest BCUT2D eigenvalue weighted by Crippen LogP contribution is -2.32. The molecule has 3 aromatic rings. The Balaban J connectivity index is 1.74. The smallest absolute Gasteiger partial charge is 0.0682 e. The van der Waals surface area contributed by atoms with Gasteiger partial charge in [-0.25, -0.2) is 4.98 Å². The summed E-state index contributed by atoms with van der Waals surface area (Å²) in [5, 5.41) is 3.11. The van der Waals surface area contributed by atoms with Crippen LogP contribution in [0.4, 0.5) is 0 Å². The lowest BCUT2D eigenvalue weighted by atomic mass is 9.70. The van der Waals surface area contributed by atoms with Crippen molar-refractivity contribution in [1.29, 1.82) is 0 Å². The first kappa shape index (κ1) is 45.0. The highest BCUT2D eigenvalue weighted by Crippen LogP contribution is 2.62. The second-order valence-corrected chi connectivity index (χ2v) is 23.0. The van der Waals surface area contributed by atoms with Gasteiger partial charge in [0.25, 0.3) is 0 Å². The van der Waals surface area contributed by atoms with E-state index in [9.17, 15) is 0 Å². The maximum Gasteiger partial charge on any atom is 0.0682 e. The van der Waals surface area contributed by atoms with Crippen LogP contribution in [0.5, 0.6) is 0 Å². The van der Waals surface area contributed by atoms with E-state index in [0.29, 0.717) is 0 Å². The molecular weight excluding hydrogens is 713 g/mol. The van der Waals surface area contributed by atoms with Crippen LogP contribution in [0.1, 0.15) is 232 Å². The number of rotatable bonds is 12. The quantitative estimate of drug-likeness (QED) is 0.167. The summed E-state index contributed by atoms with van der Waals surface area (Å²) in [5.41, 5.74) is 14.5. The van der Waals surface area contributed by atoms with Crippen LogP contribution < -0.4 is 10.6 Å². The van der Waals surface area contributed by atoms with Crippen LogP contribution in [0.25, 0.3) is 0 Å². The molecule has 2 aromatic carbocycles. The zero-order valence-corrected chi connectivity index (χ0v) is 40.8. The van der Waals surface area contributed by atoms with Crippen molar-refractivity contribution in [2.45, 2.75) is 220 Å². The second kappa shape index (κ2) is 16.2. The van der Waals surface area contributed by atoms with Gasteiger partial charge < -0.3 is 0 Å². The summed E-state index contributed by atoms with van der Waals surface area (Å²) in [5.74, 6) is 4.85. The predicted molar refractivity (Wildman–Crippen MR) is 255 cm³/mol. The van der Waals surface area contributed by atoms with Crippen LogP contribution in [-0.4, -0.2) is 16.6 Å². The molecule has 1 heterocycles. The average molecular weight is 792 g/mol. The van der Waals surface area contributed by atoms with Gasteiger partial charge in [-0.2, -0.15) is 0 Å². The molecule has 2 aliphatic rings. The van der Waals surface area contributed by atoms with Crippen molar-refractivity contribution in [1.82, 2.24) is 4.98 Å². The van der Waals surface area contributed by atoms with Crippen LogP contribution in [0.15, 0.2) is 36.4 Å². The van der Waals surface area contributed by atoms with Gasteiger partial charge in [-0.05, 0) is 165 Å². The third-order valence-corrected chi connectivity index (χ3v) is 17.5. The molecule has 2 aliphatic carbocycles. The third-order valence-electron chi connectivity index (χ3n) is 15.3. The number of hydrogen-bond donors (Lipinski definition) is 0. The molecule has 0 N–H and O–H groups in total. The van der Waals surface area contributed by atoms with E-state index in [1.807, 2.05) is 0 Å². The summed E-state index contributed by atoms with van der Waals surface area (Å²) in [6.45, 7) is 41.1. The van der Waals surface area contributed by atoms with Crippen LogP contribution in [0.3, 0.4) is 0 Å². The van der Waals surface area contributed by atoms with Crippen molar-refractivity contribution >= 4 is 38.6 Å².